The Morgan fingerprint density at radius 1 is 0.440 bits per heavy atom. The lowest BCUT2D eigenvalue weighted by atomic mass is 9.69. The number of rotatable bonds is 18. The zero-order valence-electron chi connectivity index (χ0n) is 47.2. The maximum Gasteiger partial charge on any atom is 0.373 e. The number of carbonyl (C=O) groups excluding carboxylic acids is 3. The van der Waals surface area contributed by atoms with Crippen molar-refractivity contribution in [3.63, 3.8) is 0 Å². The molecule has 6 nitrogen and oxygen atoms in total. The highest BCUT2D eigenvalue weighted by atomic mass is 16.5. The third kappa shape index (κ3) is 14.7. The van der Waals surface area contributed by atoms with Crippen LogP contribution in [-0.2, 0) is 43.0 Å². The summed E-state index contributed by atoms with van der Waals surface area (Å²) in [4.78, 5) is 26.7. The Balaban J connectivity index is 0.000000309. The minimum absolute atomic E-state index is 0.0420. The number of carbonyl (C=O) groups is 1. The second-order valence-corrected chi connectivity index (χ2v) is 19.9. The van der Waals surface area contributed by atoms with Gasteiger partial charge in [-0.3, -0.25) is 4.79 Å². The number of hydrogen-bond acceptors (Lipinski definition) is 6. The average Bonchev–Trinajstić information content (AvgIpc) is 3.43. The van der Waals surface area contributed by atoms with Crippen LogP contribution >= 0.6 is 0 Å². The Bertz CT molecular complexity index is 2970. The first-order chi connectivity index (χ1) is 35.9. The minimum Gasteiger partial charge on any atom is -0.463 e. The molecule has 75 heavy (non-hydrogen) atoms. The molecule has 0 spiro atoms. The van der Waals surface area contributed by atoms with Gasteiger partial charge in [0.1, 0.15) is 17.8 Å². The van der Waals surface area contributed by atoms with Gasteiger partial charge >= 0.3 is 6.15 Å². The molecule has 0 saturated heterocycles. The third-order valence-corrected chi connectivity index (χ3v) is 16.0. The van der Waals surface area contributed by atoms with Gasteiger partial charge in [0.05, 0.1) is 0 Å². The largest absolute Gasteiger partial charge is 0.463 e. The molecule has 0 radical (unpaired) electrons. The van der Waals surface area contributed by atoms with E-state index >= 15 is 0 Å². The van der Waals surface area contributed by atoms with Gasteiger partial charge in [0, 0.05) is 22.0 Å². The van der Waals surface area contributed by atoms with Crippen LogP contribution in [0.3, 0.4) is 0 Å². The highest BCUT2D eigenvalue weighted by Gasteiger charge is 2.33. The number of hydrogen-bond donors (Lipinski definition) is 2. The van der Waals surface area contributed by atoms with E-state index in [9.17, 15) is 15.0 Å². The molecule has 394 valence electrons. The molecule has 0 amide bonds. The quantitative estimate of drug-likeness (QED) is 0.0657. The smallest absolute Gasteiger partial charge is 0.373 e. The van der Waals surface area contributed by atoms with Crippen molar-refractivity contribution in [1.82, 2.24) is 0 Å². The summed E-state index contributed by atoms with van der Waals surface area (Å²) in [5.41, 5.74) is 17.5. The normalized spacial score (nSPS) is 11.3. The van der Waals surface area contributed by atoms with E-state index in [-0.39, 0.29) is 17.0 Å². The van der Waals surface area contributed by atoms with Gasteiger partial charge in [-0.1, -0.05) is 195 Å². The van der Waals surface area contributed by atoms with Gasteiger partial charge in [-0.25, -0.2) is 0 Å². The Labute approximate surface area is 450 Å². The molecular formula is C69H82O6. The predicted molar refractivity (Wildman–Crippen MR) is 308 cm³/mol. The Kier molecular flexibility index (Phi) is 22.8. The van der Waals surface area contributed by atoms with Gasteiger partial charge in [-0.05, 0) is 176 Å². The SMILES string of the molecule is CCC(O)(C#Cc1ccc(C(CC)(CC)c2ccc(-c3ccc(COC=O)cc3)c(C)c2)cc1C)CC.CCc1ccc(-c2ccc(C(CC)(CC)c3ccc(C#CC(O)(CC)CC)c(C)c3)cc2C)cc1.O=C=O. The predicted octanol–water partition coefficient (Wildman–Crippen LogP) is 15.6. The molecule has 6 heteroatoms. The highest BCUT2D eigenvalue weighted by molar-refractivity contribution is 5.70. The van der Waals surface area contributed by atoms with Gasteiger partial charge in [0.25, 0.3) is 6.47 Å². The van der Waals surface area contributed by atoms with E-state index in [1.807, 2.05) is 39.8 Å². The van der Waals surface area contributed by atoms with Gasteiger partial charge in [0.15, 0.2) is 0 Å². The molecule has 6 aromatic rings. The van der Waals surface area contributed by atoms with Crippen molar-refractivity contribution < 1.29 is 29.3 Å². The van der Waals surface area contributed by atoms with Crippen LogP contribution in [0.15, 0.2) is 121 Å². The summed E-state index contributed by atoms with van der Waals surface area (Å²) in [5.74, 6) is 12.7. The van der Waals surface area contributed by atoms with Crippen LogP contribution in [0.1, 0.15) is 180 Å². The molecule has 0 fully saturated rings. The number of aryl methyl sites for hydroxylation is 5. The van der Waals surface area contributed by atoms with Crippen LogP contribution in [0.25, 0.3) is 22.3 Å². The highest BCUT2D eigenvalue weighted by Crippen LogP contribution is 2.43. The summed E-state index contributed by atoms with van der Waals surface area (Å²) in [7, 11) is 0. The molecule has 0 unspecified atom stereocenters. The monoisotopic (exact) mass is 1010 g/mol. The first kappa shape index (κ1) is 60.8. The van der Waals surface area contributed by atoms with Crippen molar-refractivity contribution in [1.29, 1.82) is 0 Å². The van der Waals surface area contributed by atoms with E-state index in [4.69, 9.17) is 14.3 Å². The lowest BCUT2D eigenvalue weighted by Crippen LogP contribution is -2.26. The molecule has 6 aromatic carbocycles. The molecule has 0 aliphatic heterocycles. The van der Waals surface area contributed by atoms with E-state index in [0.29, 0.717) is 38.8 Å². The Morgan fingerprint density at radius 2 is 0.760 bits per heavy atom. The fourth-order valence-corrected chi connectivity index (χ4v) is 10.3. The zero-order chi connectivity index (χ0) is 55.4. The van der Waals surface area contributed by atoms with Crippen LogP contribution in [0.5, 0.6) is 0 Å². The molecule has 6 rings (SSSR count). The van der Waals surface area contributed by atoms with E-state index in [2.05, 4.69) is 195 Å². The molecule has 0 saturated carbocycles. The number of aliphatic hydroxyl groups is 2. The van der Waals surface area contributed by atoms with Crippen molar-refractivity contribution in [2.75, 3.05) is 0 Å². The molecular weight excluding hydrogens is 925 g/mol. The first-order valence-electron chi connectivity index (χ1n) is 27.1. The fourth-order valence-electron chi connectivity index (χ4n) is 10.3. The Morgan fingerprint density at radius 3 is 1.04 bits per heavy atom. The van der Waals surface area contributed by atoms with Gasteiger partial charge in [0.2, 0.25) is 0 Å². The lowest BCUT2D eigenvalue weighted by Gasteiger charge is -2.34. The molecule has 0 bridgehead atoms. The first-order valence-corrected chi connectivity index (χ1v) is 27.1. The summed E-state index contributed by atoms with van der Waals surface area (Å²) < 4.78 is 4.86. The summed E-state index contributed by atoms with van der Waals surface area (Å²) in [6.07, 6.45) is 7.88. The maximum absolute atomic E-state index is 10.6. The number of ether oxygens (including phenoxy) is 1. The van der Waals surface area contributed by atoms with Crippen LogP contribution in [-0.4, -0.2) is 34.0 Å². The van der Waals surface area contributed by atoms with Crippen LogP contribution in [0.4, 0.5) is 0 Å². The molecule has 0 aliphatic rings. The van der Waals surface area contributed by atoms with Crippen LogP contribution < -0.4 is 0 Å². The van der Waals surface area contributed by atoms with Crippen molar-refractivity contribution >= 4 is 12.6 Å². The maximum atomic E-state index is 10.6. The molecule has 2 N–H and O–H groups in total. The van der Waals surface area contributed by atoms with Crippen molar-refractivity contribution in [3.05, 3.63) is 188 Å². The summed E-state index contributed by atoms with van der Waals surface area (Å²) >= 11 is 0. The van der Waals surface area contributed by atoms with Crippen LogP contribution in [0.2, 0.25) is 0 Å². The van der Waals surface area contributed by atoms with Crippen molar-refractivity contribution in [2.24, 2.45) is 0 Å². The second-order valence-electron chi connectivity index (χ2n) is 19.9. The molecule has 0 heterocycles. The minimum atomic E-state index is -0.926. The molecule has 0 atom stereocenters. The van der Waals surface area contributed by atoms with Crippen LogP contribution in [0, 0.1) is 51.4 Å². The third-order valence-electron chi connectivity index (χ3n) is 16.0. The van der Waals surface area contributed by atoms with E-state index in [0.717, 1.165) is 59.9 Å². The van der Waals surface area contributed by atoms with Gasteiger partial charge in [-0.2, -0.15) is 9.59 Å². The summed E-state index contributed by atoms with van der Waals surface area (Å²) in [6, 6.07) is 44.3. The zero-order valence-corrected chi connectivity index (χ0v) is 47.2. The Hall–Kier alpha value is -6.79. The van der Waals surface area contributed by atoms with E-state index in [1.54, 1.807) is 0 Å². The standard InChI is InChI=1S/C34H40O3.C34H42O.CO2/c1-7-33(36,8-2)20-19-28-15-16-30(21-25(28)5)34(9-3,10-4)31-17-18-32(26(6)22-31)29-13-11-27(12-14-29)23-37-24-35;1-8-27-13-15-29(16-14-27)32-20-19-31(24-26(32)7)34(11-4,12-5)30-18-17-28(25(6)23-30)21-22-33(35,9-2)10-3;2-1-3/h11-18,21-22,24,36H,7-10,23H2,1-6H3;13-20,23-24,35H,8-12H2,1-7H3;. The van der Waals surface area contributed by atoms with Gasteiger partial charge in [-0.15, -0.1) is 0 Å². The molecule has 0 aliphatic carbocycles. The van der Waals surface area contributed by atoms with E-state index < -0.39 is 11.2 Å². The summed E-state index contributed by atoms with van der Waals surface area (Å²) in [6.45, 7) is 28.6. The molecule has 0 aromatic heterocycles. The topological polar surface area (TPSA) is 101 Å². The van der Waals surface area contributed by atoms with Crippen molar-refractivity contribution in [2.45, 2.75) is 176 Å². The lowest BCUT2D eigenvalue weighted by molar-refractivity contribution is -0.191. The fraction of sp³-hybridized carbons (Fsp3) is 0.391. The van der Waals surface area contributed by atoms with E-state index in [1.165, 1.54) is 61.2 Å². The van der Waals surface area contributed by atoms with Gasteiger partial charge < -0.3 is 14.9 Å². The number of benzene rings is 6. The second kappa shape index (κ2) is 28.2. The van der Waals surface area contributed by atoms with Crippen molar-refractivity contribution in [3.8, 4) is 45.9 Å². The average molecular weight is 1010 g/mol. The summed E-state index contributed by atoms with van der Waals surface area (Å²) in [5, 5.41) is 21.1.